The Morgan fingerprint density at radius 3 is 1.92 bits per heavy atom. The van der Waals surface area contributed by atoms with Crippen LogP contribution in [0.3, 0.4) is 0 Å². The van der Waals surface area contributed by atoms with Crippen molar-refractivity contribution in [3.05, 3.63) is 26.6 Å². The molecule has 0 spiro atoms. The number of carbonyl (C=O) groups is 2. The molecule has 138 valence electrons. The third-order valence-electron chi connectivity index (χ3n) is 3.49. The zero-order chi connectivity index (χ0) is 19.9. The molecule has 0 saturated carbocycles. The van der Waals surface area contributed by atoms with Gasteiger partial charge in [-0.05, 0) is 41.9 Å². The van der Waals surface area contributed by atoms with E-state index < -0.39 is 29.7 Å². The number of phenolic OH excluding ortho intramolecular Hbond substituents is 1. The molecule has 0 saturated heterocycles. The van der Waals surface area contributed by atoms with Gasteiger partial charge in [0.2, 0.25) is 0 Å². The predicted octanol–water partition coefficient (Wildman–Crippen LogP) is 3.41. The Hall–Kier alpha value is -2.10. The molecule has 0 unspecified atom stereocenters. The van der Waals surface area contributed by atoms with Crippen LogP contribution in [0.5, 0.6) is 5.75 Å². The molecular formula is C17H16Br2N2O5. The summed E-state index contributed by atoms with van der Waals surface area (Å²) in [6, 6.07) is 6.57. The van der Waals surface area contributed by atoms with Crippen LogP contribution in [-0.4, -0.2) is 30.3 Å². The van der Waals surface area contributed by atoms with Gasteiger partial charge in [-0.25, -0.2) is 0 Å². The van der Waals surface area contributed by atoms with E-state index in [0.717, 1.165) is 0 Å². The van der Waals surface area contributed by atoms with E-state index in [1.54, 1.807) is 32.1 Å². The van der Waals surface area contributed by atoms with Crippen molar-refractivity contribution in [1.29, 1.82) is 10.5 Å². The topological polar surface area (TPSA) is 120 Å². The van der Waals surface area contributed by atoms with Gasteiger partial charge in [0, 0.05) is 16.0 Å². The van der Waals surface area contributed by atoms with Crippen molar-refractivity contribution in [1.82, 2.24) is 0 Å². The van der Waals surface area contributed by atoms with E-state index in [1.807, 2.05) is 0 Å². The highest BCUT2D eigenvalue weighted by atomic mass is 79.9. The minimum Gasteiger partial charge on any atom is -0.506 e. The van der Waals surface area contributed by atoms with E-state index >= 15 is 0 Å². The Kier molecular flexibility index (Phi) is 8.56. The molecule has 1 rings (SSSR count). The maximum absolute atomic E-state index is 12.3. The molecule has 1 aromatic rings. The molecule has 0 fully saturated rings. The van der Waals surface area contributed by atoms with Gasteiger partial charge in [0.25, 0.3) is 0 Å². The quantitative estimate of drug-likeness (QED) is 0.585. The number of hydrogen-bond acceptors (Lipinski definition) is 7. The van der Waals surface area contributed by atoms with Crippen LogP contribution in [-0.2, 0) is 19.1 Å². The number of benzene rings is 1. The van der Waals surface area contributed by atoms with Gasteiger partial charge in [-0.15, -0.1) is 0 Å². The molecule has 1 aromatic carbocycles. The largest absolute Gasteiger partial charge is 0.506 e. The molecule has 26 heavy (non-hydrogen) atoms. The molecule has 0 radical (unpaired) electrons. The lowest BCUT2D eigenvalue weighted by Crippen LogP contribution is -2.33. The van der Waals surface area contributed by atoms with Crippen molar-refractivity contribution in [2.75, 3.05) is 13.2 Å². The fraction of sp³-hybridized carbons (Fsp3) is 0.412. The summed E-state index contributed by atoms with van der Waals surface area (Å²) < 4.78 is 10.6. The summed E-state index contributed by atoms with van der Waals surface area (Å²) in [6.07, 6.45) is 0. The number of nitrogens with zero attached hydrogens (tertiary/aromatic N) is 2. The Morgan fingerprint density at radius 1 is 1.08 bits per heavy atom. The zero-order valence-corrected chi connectivity index (χ0v) is 17.2. The van der Waals surface area contributed by atoms with Gasteiger partial charge in [0.1, 0.15) is 5.75 Å². The van der Waals surface area contributed by atoms with Crippen molar-refractivity contribution in [2.45, 2.75) is 19.8 Å². The summed E-state index contributed by atoms with van der Waals surface area (Å²) in [5, 5.41) is 29.5. The lowest BCUT2D eigenvalue weighted by molar-refractivity contribution is -0.150. The van der Waals surface area contributed by atoms with Gasteiger partial charge in [-0.1, -0.05) is 15.9 Å². The smallest absolute Gasteiger partial charge is 0.324 e. The molecule has 0 aliphatic carbocycles. The number of phenols is 1. The molecule has 2 atom stereocenters. The number of carbonyl (C=O) groups excluding carboxylic acids is 2. The Labute approximate surface area is 167 Å². The van der Waals surface area contributed by atoms with Crippen molar-refractivity contribution in [3.8, 4) is 17.9 Å². The summed E-state index contributed by atoms with van der Waals surface area (Å²) in [5.41, 5.74) is 0.0745. The number of hydrogen-bond donors (Lipinski definition) is 1. The van der Waals surface area contributed by atoms with Crippen LogP contribution in [0.25, 0.3) is 0 Å². The lowest BCUT2D eigenvalue weighted by atomic mass is 9.77. The van der Waals surface area contributed by atoms with E-state index in [4.69, 9.17) is 9.47 Å². The number of rotatable bonds is 7. The Bertz CT molecular complexity index is 734. The van der Waals surface area contributed by atoms with Gasteiger partial charge in [-0.2, -0.15) is 10.5 Å². The third-order valence-corrected chi connectivity index (χ3v) is 4.56. The first-order valence-electron chi connectivity index (χ1n) is 7.62. The Balaban J connectivity index is 3.62. The monoisotopic (exact) mass is 486 g/mol. The molecule has 0 aromatic heterocycles. The second-order valence-electron chi connectivity index (χ2n) is 5.07. The summed E-state index contributed by atoms with van der Waals surface area (Å²) >= 11 is 6.42. The van der Waals surface area contributed by atoms with E-state index in [9.17, 15) is 25.2 Å². The number of esters is 2. The molecule has 1 N–H and O–H groups in total. The number of aromatic hydroxyl groups is 1. The average Bonchev–Trinajstić information content (AvgIpc) is 2.58. The first-order chi connectivity index (χ1) is 12.3. The maximum Gasteiger partial charge on any atom is 0.324 e. The molecule has 0 aliphatic rings. The first kappa shape index (κ1) is 21.9. The summed E-state index contributed by atoms with van der Waals surface area (Å²) in [7, 11) is 0. The van der Waals surface area contributed by atoms with Gasteiger partial charge >= 0.3 is 11.9 Å². The predicted molar refractivity (Wildman–Crippen MR) is 97.7 cm³/mol. The third kappa shape index (κ3) is 4.96. The summed E-state index contributed by atoms with van der Waals surface area (Å²) in [5.74, 6) is -6.32. The number of ether oxygens (including phenoxy) is 2. The van der Waals surface area contributed by atoms with Crippen LogP contribution in [0.2, 0.25) is 0 Å². The van der Waals surface area contributed by atoms with Gasteiger partial charge < -0.3 is 14.6 Å². The fourth-order valence-electron chi connectivity index (χ4n) is 2.41. The SMILES string of the molecule is CCOC(=O)[C@@H](C#N)C(c1cc(Br)cc(Br)c1O)[C@H](C#N)C(=O)OCC. The van der Waals surface area contributed by atoms with E-state index in [-0.39, 0.29) is 29.0 Å². The normalized spacial score (nSPS) is 12.6. The van der Waals surface area contributed by atoms with Gasteiger partial charge in [0.15, 0.2) is 11.8 Å². The molecule has 9 heteroatoms. The van der Waals surface area contributed by atoms with Crippen LogP contribution in [0.15, 0.2) is 21.1 Å². The van der Waals surface area contributed by atoms with Crippen molar-refractivity contribution in [3.63, 3.8) is 0 Å². The van der Waals surface area contributed by atoms with E-state index in [2.05, 4.69) is 31.9 Å². The van der Waals surface area contributed by atoms with Crippen molar-refractivity contribution < 1.29 is 24.2 Å². The fourth-order valence-corrected chi connectivity index (χ4v) is 3.67. The average molecular weight is 488 g/mol. The van der Waals surface area contributed by atoms with E-state index in [1.165, 1.54) is 6.07 Å². The second-order valence-corrected chi connectivity index (χ2v) is 6.84. The van der Waals surface area contributed by atoms with Crippen LogP contribution in [0.4, 0.5) is 0 Å². The van der Waals surface area contributed by atoms with E-state index in [0.29, 0.717) is 4.47 Å². The minimum absolute atomic E-state index is 0.0223. The highest BCUT2D eigenvalue weighted by Crippen LogP contribution is 2.43. The number of halogens is 2. The molecule has 7 nitrogen and oxygen atoms in total. The van der Waals surface area contributed by atoms with Crippen molar-refractivity contribution >= 4 is 43.8 Å². The minimum atomic E-state index is -1.49. The first-order valence-corrected chi connectivity index (χ1v) is 9.21. The van der Waals surface area contributed by atoms with Crippen LogP contribution >= 0.6 is 31.9 Å². The van der Waals surface area contributed by atoms with Crippen LogP contribution in [0.1, 0.15) is 25.3 Å². The lowest BCUT2D eigenvalue weighted by Gasteiger charge is -2.25. The molecule has 0 aliphatic heterocycles. The number of nitriles is 2. The van der Waals surface area contributed by atoms with Gasteiger partial charge in [0.05, 0.1) is 29.8 Å². The van der Waals surface area contributed by atoms with Gasteiger partial charge in [-0.3, -0.25) is 9.59 Å². The molecule has 0 heterocycles. The molecule has 0 amide bonds. The van der Waals surface area contributed by atoms with Crippen LogP contribution < -0.4 is 0 Å². The summed E-state index contributed by atoms with van der Waals surface area (Å²) in [4.78, 5) is 24.5. The highest BCUT2D eigenvalue weighted by Gasteiger charge is 2.43. The highest BCUT2D eigenvalue weighted by molar-refractivity contribution is 9.11. The molecular weight excluding hydrogens is 472 g/mol. The second kappa shape index (κ2) is 10.1. The maximum atomic E-state index is 12.3. The van der Waals surface area contributed by atoms with Crippen molar-refractivity contribution in [2.24, 2.45) is 11.8 Å². The molecule has 0 bridgehead atoms. The Morgan fingerprint density at radius 2 is 1.54 bits per heavy atom. The zero-order valence-electron chi connectivity index (χ0n) is 14.0. The standard InChI is InChI=1S/C17H16Br2N2O5/c1-3-25-16(23)11(7-20)14(12(8-21)17(24)26-4-2)10-5-9(18)6-13(19)15(10)22/h5-6,11-12,14,22H,3-4H2,1-2H3/t11-,12-/m0/s1. The van der Waals surface area contributed by atoms with Crippen LogP contribution in [0, 0.1) is 34.5 Å². The summed E-state index contributed by atoms with van der Waals surface area (Å²) in [6.45, 7) is 3.19.